The van der Waals surface area contributed by atoms with E-state index in [-0.39, 0.29) is 48.2 Å². The number of thiophene rings is 1. The zero-order valence-corrected chi connectivity index (χ0v) is 24.2. The van der Waals surface area contributed by atoms with Crippen LogP contribution in [0.15, 0.2) is 76.5 Å². The highest BCUT2D eigenvalue weighted by molar-refractivity contribution is 7.10. The Morgan fingerprint density at radius 2 is 1.95 bits per heavy atom. The minimum absolute atomic E-state index is 0.0334. The molecule has 2 aliphatic rings. The summed E-state index contributed by atoms with van der Waals surface area (Å²) in [5, 5.41) is 27.7. The molecule has 1 aliphatic heterocycles. The number of esters is 1. The number of hydrogen-bond donors (Lipinski definition) is 2. The molecule has 0 bridgehead atoms. The number of dihydropyridines is 1. The van der Waals surface area contributed by atoms with Gasteiger partial charge in [-0.25, -0.2) is 4.79 Å². The summed E-state index contributed by atoms with van der Waals surface area (Å²) in [4.78, 5) is 39.8. The van der Waals surface area contributed by atoms with Gasteiger partial charge in [-0.3, -0.25) is 14.9 Å². The van der Waals surface area contributed by atoms with Gasteiger partial charge < -0.3 is 24.6 Å². The van der Waals surface area contributed by atoms with Crippen molar-refractivity contribution in [1.29, 1.82) is 0 Å². The molecule has 0 amide bonds. The van der Waals surface area contributed by atoms with Gasteiger partial charge in [-0.05, 0) is 61.0 Å². The van der Waals surface area contributed by atoms with Crippen LogP contribution in [0.3, 0.4) is 0 Å². The number of carbonyl (C=O) groups excluding carboxylic acids is 2. The first-order valence-corrected chi connectivity index (χ1v) is 14.3. The minimum Gasteiger partial charge on any atom is -0.500 e. The number of phenols is 1. The lowest BCUT2D eigenvalue weighted by Crippen LogP contribution is -2.36. The number of ketones is 1. The molecule has 2 N–H and O–H groups in total. The van der Waals surface area contributed by atoms with Gasteiger partial charge in [-0.1, -0.05) is 18.2 Å². The average molecular weight is 591 g/mol. The maximum atomic E-state index is 13.8. The third-order valence-electron chi connectivity index (χ3n) is 7.43. The highest BCUT2D eigenvalue weighted by atomic mass is 32.1. The van der Waals surface area contributed by atoms with Crippen molar-refractivity contribution in [3.63, 3.8) is 0 Å². The van der Waals surface area contributed by atoms with E-state index in [2.05, 4.69) is 5.32 Å². The SMILES string of the molecule is CCOc1cc([C@@H]2C(C(=O)OCc3ccc(OC)cc3)=C(C)NC3=C2C(=O)C[C@H](c2cccs2)C3)cc([N+](=O)[O-])c1O. The molecule has 3 aromatic rings. The Morgan fingerprint density at radius 3 is 2.60 bits per heavy atom. The highest BCUT2D eigenvalue weighted by Gasteiger charge is 2.42. The van der Waals surface area contributed by atoms with Crippen LogP contribution >= 0.6 is 11.3 Å². The number of nitro benzene ring substituents is 1. The van der Waals surface area contributed by atoms with Crippen molar-refractivity contribution in [2.24, 2.45) is 0 Å². The monoisotopic (exact) mass is 590 g/mol. The Balaban J connectivity index is 1.58. The fraction of sp³-hybridized carbons (Fsp3) is 0.290. The van der Waals surface area contributed by atoms with E-state index in [4.69, 9.17) is 14.2 Å². The number of Topliss-reactive ketones (excluding diaryl/α,β-unsaturated/α-hetero) is 1. The lowest BCUT2D eigenvalue weighted by Gasteiger charge is -2.36. The van der Waals surface area contributed by atoms with Crippen LogP contribution in [0, 0.1) is 10.1 Å². The number of hydrogen-bond acceptors (Lipinski definition) is 10. The van der Waals surface area contributed by atoms with Crippen molar-refractivity contribution in [3.05, 3.63) is 103 Å². The smallest absolute Gasteiger partial charge is 0.337 e. The summed E-state index contributed by atoms with van der Waals surface area (Å²) in [5.74, 6) is -1.91. The van der Waals surface area contributed by atoms with Gasteiger partial charge in [0.05, 0.1) is 24.2 Å². The number of benzene rings is 2. The summed E-state index contributed by atoms with van der Waals surface area (Å²) in [6.07, 6.45) is 0.755. The standard InChI is InChI=1S/C31H30N2O8S/c1-4-40-25-15-20(13-23(30(25)35)33(37)38)28-27(31(36)41-16-18-7-9-21(39-3)10-8-18)17(2)32-22-12-19(14-24(34)29(22)28)26-6-5-11-42-26/h5-11,13,15,19,28,32,35H,4,12,14,16H2,1-3H3/t19-,28-/m1/s1. The third kappa shape index (κ3) is 5.60. The molecule has 0 unspecified atom stereocenters. The molecule has 2 aromatic carbocycles. The number of rotatable bonds is 9. The van der Waals surface area contributed by atoms with Gasteiger partial charge in [0.1, 0.15) is 12.4 Å². The minimum atomic E-state index is -0.972. The van der Waals surface area contributed by atoms with E-state index in [1.807, 2.05) is 17.5 Å². The van der Waals surface area contributed by atoms with E-state index in [1.54, 1.807) is 56.6 Å². The van der Waals surface area contributed by atoms with Crippen LogP contribution in [0.2, 0.25) is 0 Å². The molecule has 5 rings (SSSR count). The van der Waals surface area contributed by atoms with Crippen LogP contribution in [0.5, 0.6) is 17.2 Å². The Morgan fingerprint density at radius 1 is 1.19 bits per heavy atom. The van der Waals surface area contributed by atoms with E-state index in [9.17, 15) is 24.8 Å². The van der Waals surface area contributed by atoms with Crippen molar-refractivity contribution in [2.75, 3.05) is 13.7 Å². The number of phenolic OH excluding ortho intramolecular Hbond substituents is 1. The van der Waals surface area contributed by atoms with Gasteiger partial charge in [0.15, 0.2) is 11.5 Å². The van der Waals surface area contributed by atoms with E-state index in [0.717, 1.165) is 10.4 Å². The summed E-state index contributed by atoms with van der Waals surface area (Å²) in [6, 6.07) is 13.7. The van der Waals surface area contributed by atoms with Gasteiger partial charge in [-0.2, -0.15) is 0 Å². The number of nitrogens with one attached hydrogen (secondary N) is 1. The predicted octanol–water partition coefficient (Wildman–Crippen LogP) is 5.87. The molecule has 42 heavy (non-hydrogen) atoms. The van der Waals surface area contributed by atoms with Crippen LogP contribution < -0.4 is 14.8 Å². The molecule has 218 valence electrons. The van der Waals surface area contributed by atoms with Crippen LogP contribution in [0.25, 0.3) is 0 Å². The number of aromatic hydroxyl groups is 1. The topological polar surface area (TPSA) is 137 Å². The van der Waals surface area contributed by atoms with Crippen LogP contribution in [0.1, 0.15) is 54.5 Å². The maximum Gasteiger partial charge on any atom is 0.337 e. The first-order valence-electron chi connectivity index (χ1n) is 13.4. The molecule has 1 aliphatic carbocycles. The number of nitrogens with zero attached hydrogens (tertiary/aromatic N) is 1. The summed E-state index contributed by atoms with van der Waals surface area (Å²) in [7, 11) is 1.56. The van der Waals surface area contributed by atoms with Crippen molar-refractivity contribution in [3.8, 4) is 17.2 Å². The molecule has 10 nitrogen and oxygen atoms in total. The number of ether oxygens (including phenoxy) is 3. The predicted molar refractivity (Wildman–Crippen MR) is 156 cm³/mol. The van der Waals surface area contributed by atoms with E-state index in [0.29, 0.717) is 29.1 Å². The largest absolute Gasteiger partial charge is 0.500 e. The lowest BCUT2D eigenvalue weighted by molar-refractivity contribution is -0.386. The van der Waals surface area contributed by atoms with Gasteiger partial charge in [0.2, 0.25) is 5.75 Å². The molecule has 0 fully saturated rings. The maximum absolute atomic E-state index is 13.8. The number of allylic oxidation sites excluding steroid dienone is 3. The lowest BCUT2D eigenvalue weighted by atomic mass is 9.72. The van der Waals surface area contributed by atoms with Crippen molar-refractivity contribution in [2.45, 2.75) is 45.1 Å². The zero-order valence-electron chi connectivity index (χ0n) is 23.3. The van der Waals surface area contributed by atoms with Gasteiger partial charge in [0.25, 0.3) is 0 Å². The van der Waals surface area contributed by atoms with E-state index in [1.165, 1.54) is 12.1 Å². The van der Waals surface area contributed by atoms with Gasteiger partial charge in [0, 0.05) is 46.2 Å². The van der Waals surface area contributed by atoms with Crippen molar-refractivity contribution < 1.29 is 33.8 Å². The fourth-order valence-electron chi connectivity index (χ4n) is 5.50. The second-order valence-electron chi connectivity index (χ2n) is 10.0. The van der Waals surface area contributed by atoms with E-state index < -0.39 is 28.2 Å². The molecule has 2 heterocycles. The molecule has 11 heteroatoms. The van der Waals surface area contributed by atoms with Crippen molar-refractivity contribution in [1.82, 2.24) is 5.32 Å². The highest BCUT2D eigenvalue weighted by Crippen LogP contribution is 2.49. The van der Waals surface area contributed by atoms with Gasteiger partial charge in [-0.15, -0.1) is 11.3 Å². The van der Waals surface area contributed by atoms with Crippen LogP contribution in [-0.4, -0.2) is 35.5 Å². The Hall–Kier alpha value is -4.64. The average Bonchev–Trinajstić information content (AvgIpc) is 3.52. The third-order valence-corrected chi connectivity index (χ3v) is 8.46. The van der Waals surface area contributed by atoms with E-state index >= 15 is 0 Å². The van der Waals surface area contributed by atoms with Gasteiger partial charge >= 0.3 is 11.7 Å². The summed E-state index contributed by atoms with van der Waals surface area (Å²) < 4.78 is 16.4. The summed E-state index contributed by atoms with van der Waals surface area (Å²) in [5.41, 5.74) is 2.07. The van der Waals surface area contributed by atoms with Crippen LogP contribution in [0.4, 0.5) is 5.69 Å². The van der Waals surface area contributed by atoms with Crippen molar-refractivity contribution >= 4 is 28.8 Å². The Labute approximate surface area is 246 Å². The molecular formula is C31H30N2O8S. The number of methoxy groups -OCH3 is 1. The summed E-state index contributed by atoms with van der Waals surface area (Å²) in [6.45, 7) is 3.51. The molecule has 2 atom stereocenters. The second kappa shape index (κ2) is 12.1. The molecule has 0 radical (unpaired) electrons. The Kier molecular flexibility index (Phi) is 8.30. The summed E-state index contributed by atoms with van der Waals surface area (Å²) >= 11 is 1.58. The zero-order chi connectivity index (χ0) is 30.0. The first-order chi connectivity index (χ1) is 20.2. The first kappa shape index (κ1) is 28.9. The number of nitro groups is 1. The Bertz CT molecular complexity index is 1590. The normalized spacial score (nSPS) is 18.3. The molecule has 0 saturated carbocycles. The molecular weight excluding hydrogens is 560 g/mol. The quantitative estimate of drug-likeness (QED) is 0.178. The fourth-order valence-corrected chi connectivity index (χ4v) is 6.33. The molecule has 0 saturated heterocycles. The number of carbonyl (C=O) groups is 2. The van der Waals surface area contributed by atoms with Crippen LogP contribution in [-0.2, 0) is 20.9 Å². The molecule has 1 aromatic heterocycles. The second-order valence-corrected chi connectivity index (χ2v) is 11.0. The molecule has 0 spiro atoms.